The highest BCUT2D eigenvalue weighted by molar-refractivity contribution is 5.98. The summed E-state index contributed by atoms with van der Waals surface area (Å²) >= 11 is 0. The lowest BCUT2D eigenvalue weighted by atomic mass is 9.92. The SMILES string of the molecule is CCN(C(=O)c1cc2ccccc2[nH]1)[C@H]1CCCC(=NCc2ccc(OC)cc2)C1. The van der Waals surface area contributed by atoms with Crippen LogP contribution in [0.3, 0.4) is 0 Å². The molecule has 156 valence electrons. The third-order valence-electron chi connectivity index (χ3n) is 5.92. The van der Waals surface area contributed by atoms with Gasteiger partial charge in [-0.1, -0.05) is 30.3 Å². The molecule has 1 aromatic heterocycles. The zero-order chi connectivity index (χ0) is 20.9. The molecule has 30 heavy (non-hydrogen) atoms. The fourth-order valence-corrected chi connectivity index (χ4v) is 4.27. The van der Waals surface area contributed by atoms with E-state index < -0.39 is 0 Å². The van der Waals surface area contributed by atoms with Gasteiger partial charge in [0.2, 0.25) is 0 Å². The standard InChI is InChI=1S/C25H29N3O2/c1-3-28(25(29)24-15-19-7-4-5-10-23(19)27-24)21-9-6-8-20(16-21)26-17-18-11-13-22(30-2)14-12-18/h4-5,7,10-15,21,27H,3,6,8-9,16-17H2,1-2H3/t21-/m0/s1. The number of amides is 1. The highest BCUT2D eigenvalue weighted by atomic mass is 16.5. The van der Waals surface area contributed by atoms with Crippen LogP contribution in [0, 0.1) is 0 Å². The second kappa shape index (κ2) is 9.16. The maximum absolute atomic E-state index is 13.2. The van der Waals surface area contributed by atoms with Gasteiger partial charge in [-0.3, -0.25) is 9.79 Å². The summed E-state index contributed by atoms with van der Waals surface area (Å²) in [4.78, 5) is 23.4. The lowest BCUT2D eigenvalue weighted by molar-refractivity contribution is 0.0673. The van der Waals surface area contributed by atoms with Crippen molar-refractivity contribution in [3.63, 3.8) is 0 Å². The number of benzene rings is 2. The van der Waals surface area contributed by atoms with Gasteiger partial charge in [-0.25, -0.2) is 0 Å². The van der Waals surface area contributed by atoms with Gasteiger partial charge in [0, 0.05) is 35.6 Å². The van der Waals surface area contributed by atoms with Crippen molar-refractivity contribution in [2.75, 3.05) is 13.7 Å². The molecule has 1 aliphatic rings. The molecule has 3 aromatic rings. The van der Waals surface area contributed by atoms with Gasteiger partial charge in [-0.15, -0.1) is 0 Å². The number of methoxy groups -OCH3 is 1. The van der Waals surface area contributed by atoms with Crippen molar-refractivity contribution in [1.29, 1.82) is 0 Å². The predicted molar refractivity (Wildman–Crippen MR) is 121 cm³/mol. The molecular weight excluding hydrogens is 374 g/mol. The average molecular weight is 404 g/mol. The molecule has 5 heteroatoms. The number of carbonyl (C=O) groups is 1. The van der Waals surface area contributed by atoms with Gasteiger partial charge < -0.3 is 14.6 Å². The van der Waals surface area contributed by atoms with Gasteiger partial charge in [0.1, 0.15) is 11.4 Å². The minimum atomic E-state index is 0.0788. The summed E-state index contributed by atoms with van der Waals surface area (Å²) in [6.45, 7) is 3.43. The molecule has 1 heterocycles. The normalized spacial score (nSPS) is 17.9. The van der Waals surface area contributed by atoms with Crippen LogP contribution < -0.4 is 4.74 Å². The molecule has 0 spiro atoms. The third kappa shape index (κ3) is 4.40. The van der Waals surface area contributed by atoms with Gasteiger partial charge in [0.15, 0.2) is 0 Å². The Kier molecular flexibility index (Phi) is 6.17. The molecule has 0 bridgehead atoms. The number of fused-ring (bicyclic) bond motifs is 1. The molecule has 4 rings (SSSR count). The molecule has 1 aliphatic carbocycles. The Morgan fingerprint density at radius 2 is 2.00 bits per heavy atom. The summed E-state index contributed by atoms with van der Waals surface area (Å²) in [5, 5.41) is 1.07. The predicted octanol–water partition coefficient (Wildman–Crippen LogP) is 5.22. The Morgan fingerprint density at radius 3 is 2.73 bits per heavy atom. The Labute approximate surface area is 177 Å². The van der Waals surface area contributed by atoms with Crippen molar-refractivity contribution in [1.82, 2.24) is 9.88 Å². The van der Waals surface area contributed by atoms with E-state index in [1.165, 1.54) is 11.3 Å². The largest absolute Gasteiger partial charge is 0.497 e. The van der Waals surface area contributed by atoms with Crippen molar-refractivity contribution >= 4 is 22.5 Å². The molecule has 0 unspecified atom stereocenters. The number of nitrogens with one attached hydrogen (secondary N) is 1. The summed E-state index contributed by atoms with van der Waals surface area (Å²) in [7, 11) is 1.67. The van der Waals surface area contributed by atoms with E-state index in [-0.39, 0.29) is 11.9 Å². The van der Waals surface area contributed by atoms with Crippen LogP contribution >= 0.6 is 0 Å². The van der Waals surface area contributed by atoms with E-state index in [2.05, 4.69) is 24.0 Å². The fourth-order valence-electron chi connectivity index (χ4n) is 4.27. The number of aliphatic imine (C=N–C) groups is 1. The first kappa shape index (κ1) is 20.2. The van der Waals surface area contributed by atoms with Crippen LogP contribution in [-0.2, 0) is 6.54 Å². The van der Waals surface area contributed by atoms with Crippen molar-refractivity contribution in [2.24, 2.45) is 4.99 Å². The van der Waals surface area contributed by atoms with Gasteiger partial charge >= 0.3 is 0 Å². The van der Waals surface area contributed by atoms with Gasteiger partial charge in [-0.05, 0) is 56.0 Å². The Hall–Kier alpha value is -3.08. The van der Waals surface area contributed by atoms with Crippen molar-refractivity contribution in [3.05, 3.63) is 65.9 Å². The van der Waals surface area contributed by atoms with Crippen molar-refractivity contribution in [3.8, 4) is 5.75 Å². The summed E-state index contributed by atoms with van der Waals surface area (Å²) in [5.74, 6) is 0.938. The number of ether oxygens (including phenoxy) is 1. The van der Waals surface area contributed by atoms with Crippen LogP contribution in [-0.4, -0.2) is 41.2 Å². The zero-order valence-electron chi connectivity index (χ0n) is 17.7. The lowest BCUT2D eigenvalue weighted by Gasteiger charge is -2.34. The van der Waals surface area contributed by atoms with Crippen LogP contribution in [0.1, 0.15) is 48.7 Å². The lowest BCUT2D eigenvalue weighted by Crippen LogP contribution is -2.43. The quantitative estimate of drug-likeness (QED) is 0.613. The van der Waals surface area contributed by atoms with Gasteiger partial charge in [0.25, 0.3) is 5.91 Å². The molecule has 1 atom stereocenters. The van der Waals surface area contributed by atoms with Gasteiger partial charge in [0.05, 0.1) is 13.7 Å². The van der Waals surface area contributed by atoms with Crippen LogP contribution in [0.15, 0.2) is 59.6 Å². The Bertz CT molecular complexity index is 1000. The first-order chi connectivity index (χ1) is 14.7. The van der Waals surface area contributed by atoms with Crippen LogP contribution in [0.5, 0.6) is 5.75 Å². The Morgan fingerprint density at radius 1 is 1.20 bits per heavy atom. The highest BCUT2D eigenvalue weighted by Crippen LogP contribution is 2.24. The number of H-pyrrole nitrogens is 1. The second-order valence-electron chi connectivity index (χ2n) is 7.84. The molecule has 1 N–H and O–H groups in total. The molecule has 5 nitrogen and oxygen atoms in total. The highest BCUT2D eigenvalue weighted by Gasteiger charge is 2.28. The molecule has 1 saturated carbocycles. The molecular formula is C25H29N3O2. The number of carbonyl (C=O) groups excluding carboxylic acids is 1. The number of aromatic nitrogens is 1. The maximum Gasteiger partial charge on any atom is 0.270 e. The van der Waals surface area contributed by atoms with E-state index >= 15 is 0 Å². The van der Waals surface area contributed by atoms with Crippen LogP contribution in [0.2, 0.25) is 0 Å². The van der Waals surface area contributed by atoms with Crippen LogP contribution in [0.4, 0.5) is 0 Å². The molecule has 0 saturated heterocycles. The van der Waals surface area contributed by atoms with Gasteiger partial charge in [-0.2, -0.15) is 0 Å². The third-order valence-corrected chi connectivity index (χ3v) is 5.92. The van der Waals surface area contributed by atoms with Crippen LogP contribution in [0.25, 0.3) is 10.9 Å². The van der Waals surface area contributed by atoms with Crippen molar-refractivity contribution < 1.29 is 9.53 Å². The second-order valence-corrected chi connectivity index (χ2v) is 7.84. The number of aromatic amines is 1. The van der Waals surface area contributed by atoms with E-state index in [4.69, 9.17) is 9.73 Å². The summed E-state index contributed by atoms with van der Waals surface area (Å²) in [6, 6.07) is 18.2. The number of nitrogens with zero attached hydrogens (tertiary/aromatic N) is 2. The molecule has 1 fully saturated rings. The maximum atomic E-state index is 13.2. The van der Waals surface area contributed by atoms with Crippen molar-refractivity contribution in [2.45, 2.75) is 45.2 Å². The summed E-state index contributed by atoms with van der Waals surface area (Å²) in [5.41, 5.74) is 4.06. The monoisotopic (exact) mass is 403 g/mol. The Balaban J connectivity index is 1.45. The minimum absolute atomic E-state index is 0.0788. The van der Waals surface area contributed by atoms with E-state index in [1.807, 2.05) is 47.4 Å². The smallest absolute Gasteiger partial charge is 0.270 e. The summed E-state index contributed by atoms with van der Waals surface area (Å²) < 4.78 is 5.22. The number of hydrogen-bond donors (Lipinski definition) is 1. The number of rotatable bonds is 6. The number of para-hydroxylation sites is 1. The van der Waals surface area contributed by atoms with E-state index in [0.29, 0.717) is 18.8 Å². The topological polar surface area (TPSA) is 57.7 Å². The minimum Gasteiger partial charge on any atom is -0.497 e. The summed E-state index contributed by atoms with van der Waals surface area (Å²) in [6.07, 6.45) is 3.98. The first-order valence-electron chi connectivity index (χ1n) is 10.7. The first-order valence-corrected chi connectivity index (χ1v) is 10.7. The van der Waals surface area contributed by atoms with E-state index in [9.17, 15) is 4.79 Å². The average Bonchev–Trinajstić information content (AvgIpc) is 3.23. The van der Waals surface area contributed by atoms with E-state index in [1.54, 1.807) is 7.11 Å². The molecule has 0 aliphatic heterocycles. The molecule has 1 amide bonds. The number of hydrogen-bond acceptors (Lipinski definition) is 3. The molecule has 2 aromatic carbocycles. The van der Waals surface area contributed by atoms with E-state index in [0.717, 1.165) is 42.3 Å². The molecule has 0 radical (unpaired) electrons. The zero-order valence-corrected chi connectivity index (χ0v) is 17.7. The fraction of sp³-hybridized carbons (Fsp3) is 0.360.